The highest BCUT2D eigenvalue weighted by Gasteiger charge is 2.19. The molecule has 6 nitrogen and oxygen atoms in total. The molecule has 6 heteroatoms. The predicted molar refractivity (Wildman–Crippen MR) is 312 cm³/mol. The van der Waals surface area contributed by atoms with Gasteiger partial charge in [0.15, 0.2) is 6.10 Å². The molecule has 0 amide bonds. The molecule has 0 radical (unpaired) electrons. The van der Waals surface area contributed by atoms with E-state index in [0.29, 0.717) is 19.3 Å². The summed E-state index contributed by atoms with van der Waals surface area (Å²) in [5, 5.41) is 0. The minimum atomic E-state index is -0.778. The van der Waals surface area contributed by atoms with Gasteiger partial charge in [-0.25, -0.2) is 0 Å². The second-order valence-corrected chi connectivity index (χ2v) is 20.9. The van der Waals surface area contributed by atoms with Crippen molar-refractivity contribution in [1.82, 2.24) is 0 Å². The molecular weight excluding hydrogens is 889 g/mol. The number of hydrogen-bond acceptors (Lipinski definition) is 6. The Hall–Kier alpha value is -2.89. The smallest absolute Gasteiger partial charge is 0.306 e. The molecule has 0 fully saturated rings. The summed E-state index contributed by atoms with van der Waals surface area (Å²) in [6, 6.07) is 0. The van der Waals surface area contributed by atoms with Gasteiger partial charge in [0, 0.05) is 19.3 Å². The Morgan fingerprint density at radius 1 is 0.292 bits per heavy atom. The molecule has 0 aromatic heterocycles. The molecule has 0 N–H and O–H groups in total. The molecular formula is C66H118O6. The zero-order chi connectivity index (χ0) is 52.2. The largest absolute Gasteiger partial charge is 0.462 e. The van der Waals surface area contributed by atoms with E-state index >= 15 is 0 Å². The lowest BCUT2D eigenvalue weighted by Crippen LogP contribution is -2.30. The van der Waals surface area contributed by atoms with Gasteiger partial charge in [-0.15, -0.1) is 0 Å². The highest BCUT2D eigenvalue weighted by molar-refractivity contribution is 5.71. The van der Waals surface area contributed by atoms with E-state index in [1.165, 1.54) is 193 Å². The highest BCUT2D eigenvalue weighted by atomic mass is 16.6. The number of rotatable bonds is 57. The van der Waals surface area contributed by atoms with Gasteiger partial charge in [-0.2, -0.15) is 0 Å². The summed E-state index contributed by atoms with van der Waals surface area (Å²) >= 11 is 0. The fourth-order valence-corrected chi connectivity index (χ4v) is 9.08. The summed E-state index contributed by atoms with van der Waals surface area (Å²) in [6.07, 6.45) is 76.5. The van der Waals surface area contributed by atoms with E-state index in [-0.39, 0.29) is 31.1 Å². The highest BCUT2D eigenvalue weighted by Crippen LogP contribution is 2.17. The lowest BCUT2D eigenvalue weighted by atomic mass is 10.0. The van der Waals surface area contributed by atoms with Gasteiger partial charge in [0.05, 0.1) is 0 Å². The number of carbonyl (C=O) groups excluding carboxylic acids is 3. The lowest BCUT2D eigenvalue weighted by molar-refractivity contribution is -0.167. The molecule has 0 rings (SSSR count). The third-order valence-electron chi connectivity index (χ3n) is 13.8. The van der Waals surface area contributed by atoms with Crippen LogP contribution in [0.15, 0.2) is 60.8 Å². The molecule has 0 aromatic carbocycles. The summed E-state index contributed by atoms with van der Waals surface area (Å²) < 4.78 is 16.9. The molecule has 0 saturated carbocycles. The van der Waals surface area contributed by atoms with Crippen LogP contribution in [0.3, 0.4) is 0 Å². The Labute approximate surface area is 447 Å². The second kappa shape index (κ2) is 60.7. The van der Waals surface area contributed by atoms with Gasteiger partial charge in [0.2, 0.25) is 0 Å². The van der Waals surface area contributed by atoms with Crippen molar-refractivity contribution in [3.8, 4) is 0 Å². The van der Waals surface area contributed by atoms with Crippen LogP contribution < -0.4 is 0 Å². The van der Waals surface area contributed by atoms with Gasteiger partial charge in [-0.1, -0.05) is 281 Å². The van der Waals surface area contributed by atoms with E-state index < -0.39 is 6.10 Å². The maximum atomic E-state index is 12.9. The van der Waals surface area contributed by atoms with E-state index in [1.807, 2.05) is 0 Å². The summed E-state index contributed by atoms with van der Waals surface area (Å²) in [4.78, 5) is 38.2. The van der Waals surface area contributed by atoms with Gasteiger partial charge in [-0.05, 0) is 83.5 Å². The first-order chi connectivity index (χ1) is 35.5. The van der Waals surface area contributed by atoms with Crippen molar-refractivity contribution >= 4 is 17.9 Å². The van der Waals surface area contributed by atoms with Crippen LogP contribution in [0.2, 0.25) is 0 Å². The molecule has 1 atom stereocenters. The van der Waals surface area contributed by atoms with E-state index in [1.54, 1.807) is 0 Å². The van der Waals surface area contributed by atoms with Gasteiger partial charge in [0.1, 0.15) is 13.2 Å². The third-order valence-corrected chi connectivity index (χ3v) is 13.8. The molecule has 418 valence electrons. The monoisotopic (exact) mass is 1010 g/mol. The van der Waals surface area contributed by atoms with Crippen molar-refractivity contribution in [2.75, 3.05) is 13.2 Å². The van der Waals surface area contributed by atoms with E-state index in [4.69, 9.17) is 14.2 Å². The SMILES string of the molecule is CC/C=C\C/C=C\C/C=C\CCCCCCCCCC(=O)OC(COC(=O)CCCCCCCCCCCCCC)COC(=O)CCCCCCCCCCCCCCC/C=C\C/C=C\CCCCCCC. The zero-order valence-corrected chi connectivity index (χ0v) is 47.9. The summed E-state index contributed by atoms with van der Waals surface area (Å²) in [7, 11) is 0. The Morgan fingerprint density at radius 2 is 0.542 bits per heavy atom. The van der Waals surface area contributed by atoms with Crippen molar-refractivity contribution < 1.29 is 28.6 Å². The molecule has 0 heterocycles. The minimum Gasteiger partial charge on any atom is -0.462 e. The first-order valence-corrected chi connectivity index (χ1v) is 31.3. The number of carbonyl (C=O) groups is 3. The topological polar surface area (TPSA) is 78.9 Å². The van der Waals surface area contributed by atoms with Crippen molar-refractivity contribution in [3.63, 3.8) is 0 Å². The zero-order valence-electron chi connectivity index (χ0n) is 47.9. The first-order valence-electron chi connectivity index (χ1n) is 31.3. The average Bonchev–Trinajstić information content (AvgIpc) is 3.38. The van der Waals surface area contributed by atoms with Crippen molar-refractivity contribution in [2.24, 2.45) is 0 Å². The molecule has 0 bridgehead atoms. The van der Waals surface area contributed by atoms with Crippen LogP contribution in [-0.2, 0) is 28.6 Å². The number of allylic oxidation sites excluding steroid dienone is 10. The average molecular weight is 1010 g/mol. The van der Waals surface area contributed by atoms with Gasteiger partial charge >= 0.3 is 17.9 Å². The number of unbranched alkanes of at least 4 members (excludes halogenated alkanes) is 36. The van der Waals surface area contributed by atoms with Crippen LogP contribution >= 0.6 is 0 Å². The fourth-order valence-electron chi connectivity index (χ4n) is 9.08. The molecule has 0 saturated heterocycles. The van der Waals surface area contributed by atoms with Crippen LogP contribution in [-0.4, -0.2) is 37.2 Å². The molecule has 72 heavy (non-hydrogen) atoms. The van der Waals surface area contributed by atoms with Gasteiger partial charge in [0.25, 0.3) is 0 Å². The van der Waals surface area contributed by atoms with Crippen LogP contribution in [0.1, 0.15) is 323 Å². The normalized spacial score (nSPS) is 12.4. The predicted octanol–water partition coefficient (Wildman–Crippen LogP) is 21.2. The molecule has 0 aromatic rings. The molecule has 0 aliphatic carbocycles. The molecule has 0 aliphatic rings. The van der Waals surface area contributed by atoms with Gasteiger partial charge in [-0.3, -0.25) is 14.4 Å². The summed E-state index contributed by atoms with van der Waals surface area (Å²) in [5.74, 6) is -0.870. The Bertz CT molecular complexity index is 1290. The number of hydrogen-bond donors (Lipinski definition) is 0. The van der Waals surface area contributed by atoms with E-state index in [9.17, 15) is 14.4 Å². The second-order valence-electron chi connectivity index (χ2n) is 20.9. The quantitative estimate of drug-likeness (QED) is 0.0261. The molecule has 0 aliphatic heterocycles. The summed E-state index contributed by atoms with van der Waals surface area (Å²) in [5.41, 5.74) is 0. The summed E-state index contributed by atoms with van der Waals surface area (Å²) in [6.45, 7) is 6.55. The maximum Gasteiger partial charge on any atom is 0.306 e. The van der Waals surface area contributed by atoms with Crippen LogP contribution in [0, 0.1) is 0 Å². The fraction of sp³-hybridized carbons (Fsp3) is 0.803. The number of ether oxygens (including phenoxy) is 3. The van der Waals surface area contributed by atoms with Crippen molar-refractivity contribution in [3.05, 3.63) is 60.8 Å². The minimum absolute atomic E-state index is 0.0751. The van der Waals surface area contributed by atoms with Gasteiger partial charge < -0.3 is 14.2 Å². The molecule has 1 unspecified atom stereocenters. The third kappa shape index (κ3) is 58.0. The standard InChI is InChI=1S/C66H118O6/c1-4-7-10-13-16-19-22-25-27-29-30-31-32-33-34-35-36-38-39-41-44-47-50-53-56-59-65(68)71-62-63(61-70-64(67)58-55-52-49-46-43-24-21-18-15-12-9-6-3)72-66(69)60-57-54-51-48-45-42-40-37-28-26-23-20-17-14-11-8-5-2/h8,11,17,20,22,25-26,28-30,63H,4-7,9-10,12-16,18-19,21,23-24,27,31-62H2,1-3H3/b11-8-,20-17-,25-22-,28-26-,30-29-. The first kappa shape index (κ1) is 69.1. The van der Waals surface area contributed by atoms with E-state index in [0.717, 1.165) is 89.9 Å². The Balaban J connectivity index is 4.26. The van der Waals surface area contributed by atoms with Crippen molar-refractivity contribution in [2.45, 2.75) is 329 Å². The molecule has 0 spiro atoms. The maximum absolute atomic E-state index is 12.9. The lowest BCUT2D eigenvalue weighted by Gasteiger charge is -2.18. The Morgan fingerprint density at radius 3 is 0.847 bits per heavy atom. The van der Waals surface area contributed by atoms with Crippen molar-refractivity contribution in [1.29, 1.82) is 0 Å². The Kier molecular flexibility index (Phi) is 58.2. The number of esters is 3. The van der Waals surface area contributed by atoms with Crippen LogP contribution in [0.5, 0.6) is 0 Å². The van der Waals surface area contributed by atoms with Crippen LogP contribution in [0.25, 0.3) is 0 Å². The van der Waals surface area contributed by atoms with Crippen LogP contribution in [0.4, 0.5) is 0 Å². The van der Waals surface area contributed by atoms with E-state index in [2.05, 4.69) is 81.5 Å².